The number of carbonyl (C=O) groups excluding carboxylic acids is 1. The predicted molar refractivity (Wildman–Crippen MR) is 115 cm³/mol. The summed E-state index contributed by atoms with van der Waals surface area (Å²) < 4.78 is 27.8. The van der Waals surface area contributed by atoms with E-state index in [1.54, 1.807) is 0 Å². The van der Waals surface area contributed by atoms with Gasteiger partial charge in [-0.1, -0.05) is 36.4 Å². The van der Waals surface area contributed by atoms with Crippen molar-refractivity contribution >= 4 is 5.97 Å². The molecule has 6 heteroatoms. The zero-order chi connectivity index (χ0) is 21.7. The number of esters is 1. The van der Waals surface area contributed by atoms with Crippen molar-refractivity contribution < 1.29 is 28.5 Å². The lowest BCUT2D eigenvalue weighted by atomic mass is 9.79. The predicted octanol–water partition coefficient (Wildman–Crippen LogP) is 4.60. The van der Waals surface area contributed by atoms with Gasteiger partial charge in [-0.2, -0.15) is 0 Å². The van der Waals surface area contributed by atoms with Crippen LogP contribution in [0.15, 0.2) is 60.7 Å². The number of fused-ring (bicyclic) bond motifs is 3. The van der Waals surface area contributed by atoms with E-state index in [1.165, 1.54) is 0 Å². The highest BCUT2D eigenvalue weighted by Gasteiger charge is 2.47. The molecule has 0 radical (unpaired) electrons. The largest absolute Gasteiger partial charge is 0.466 e. The molecule has 0 saturated carbocycles. The van der Waals surface area contributed by atoms with Gasteiger partial charge in [0.1, 0.15) is 0 Å². The van der Waals surface area contributed by atoms with Crippen LogP contribution in [0.3, 0.4) is 0 Å². The first kappa shape index (κ1) is 19.0. The molecule has 2 unspecified atom stereocenters. The minimum absolute atomic E-state index is 0.171. The van der Waals surface area contributed by atoms with Crippen LogP contribution in [0.4, 0.5) is 0 Å². The maximum Gasteiger partial charge on any atom is 0.310 e. The summed E-state index contributed by atoms with van der Waals surface area (Å²) in [6.07, 6.45) is 0. The first-order chi connectivity index (χ1) is 15.7. The zero-order valence-electron chi connectivity index (χ0n) is 17.6. The number of carbonyl (C=O) groups is 1. The van der Waals surface area contributed by atoms with Crippen LogP contribution in [-0.2, 0) is 9.53 Å². The fourth-order valence-electron chi connectivity index (χ4n) is 5.15. The van der Waals surface area contributed by atoms with Gasteiger partial charge in [-0.3, -0.25) is 4.79 Å². The fourth-order valence-corrected chi connectivity index (χ4v) is 5.15. The normalized spacial score (nSPS) is 22.0. The Labute approximate surface area is 185 Å². The lowest BCUT2D eigenvalue weighted by Gasteiger charge is -2.25. The average Bonchev–Trinajstić information content (AvgIpc) is 3.54. The van der Waals surface area contributed by atoms with Crippen LogP contribution in [0, 0.1) is 5.92 Å². The summed E-state index contributed by atoms with van der Waals surface area (Å²) in [6, 6.07) is 20.1. The van der Waals surface area contributed by atoms with E-state index in [0.717, 1.165) is 33.8 Å². The zero-order valence-corrected chi connectivity index (χ0v) is 17.6. The van der Waals surface area contributed by atoms with Crippen LogP contribution in [0.2, 0.25) is 0 Å². The minimum atomic E-state index is -0.423. The summed E-state index contributed by atoms with van der Waals surface area (Å²) >= 11 is 0. The Morgan fingerprint density at radius 1 is 0.781 bits per heavy atom. The number of ether oxygens (including phenoxy) is 5. The number of benzene rings is 3. The van der Waals surface area contributed by atoms with Crippen molar-refractivity contribution in [3.8, 4) is 23.0 Å². The third kappa shape index (κ3) is 2.90. The summed E-state index contributed by atoms with van der Waals surface area (Å²) in [5, 5.41) is 0. The van der Waals surface area contributed by atoms with Gasteiger partial charge in [0.15, 0.2) is 23.0 Å². The van der Waals surface area contributed by atoms with Crippen molar-refractivity contribution in [2.24, 2.45) is 5.92 Å². The monoisotopic (exact) mass is 430 g/mol. The van der Waals surface area contributed by atoms with Crippen LogP contribution in [0.25, 0.3) is 0 Å². The first-order valence-electron chi connectivity index (χ1n) is 10.8. The van der Waals surface area contributed by atoms with E-state index in [2.05, 4.69) is 12.1 Å². The smallest absolute Gasteiger partial charge is 0.310 e. The van der Waals surface area contributed by atoms with Crippen molar-refractivity contribution in [3.63, 3.8) is 0 Å². The quantitative estimate of drug-likeness (QED) is 0.564. The molecule has 32 heavy (non-hydrogen) atoms. The highest BCUT2D eigenvalue weighted by Crippen LogP contribution is 2.54. The molecule has 1 aliphatic carbocycles. The molecule has 3 aromatic rings. The summed E-state index contributed by atoms with van der Waals surface area (Å²) in [6.45, 7) is 2.58. The Morgan fingerprint density at radius 2 is 1.28 bits per heavy atom. The lowest BCUT2D eigenvalue weighted by Crippen LogP contribution is -2.26. The van der Waals surface area contributed by atoms with Gasteiger partial charge in [0.25, 0.3) is 0 Å². The molecule has 6 rings (SSSR count). The lowest BCUT2D eigenvalue weighted by molar-refractivity contribution is -0.148. The van der Waals surface area contributed by atoms with E-state index in [4.69, 9.17) is 23.7 Å². The van der Waals surface area contributed by atoms with Crippen molar-refractivity contribution in [3.05, 3.63) is 82.9 Å². The second-order valence-corrected chi connectivity index (χ2v) is 8.09. The van der Waals surface area contributed by atoms with E-state index in [-0.39, 0.29) is 31.4 Å². The molecule has 2 heterocycles. The molecular formula is C26H22O6. The van der Waals surface area contributed by atoms with Crippen molar-refractivity contribution in [1.29, 1.82) is 0 Å². The fraction of sp³-hybridized carbons (Fsp3) is 0.269. The van der Waals surface area contributed by atoms with Gasteiger partial charge in [0.2, 0.25) is 13.6 Å². The standard InChI is InChI=1S/C26H22O6/c1-2-28-26(27)25-23(15-7-9-19-21(11-15)31-13-29-19)17-5-3-4-6-18(17)24(25)16-8-10-20-22(12-16)32-14-30-20/h3-12,23-25H,2,13-14H2,1H3. The number of hydrogen-bond donors (Lipinski definition) is 0. The van der Waals surface area contributed by atoms with Gasteiger partial charge in [-0.15, -0.1) is 0 Å². The molecule has 162 valence electrons. The van der Waals surface area contributed by atoms with Gasteiger partial charge in [0.05, 0.1) is 12.5 Å². The Hall–Kier alpha value is -3.67. The van der Waals surface area contributed by atoms with Crippen LogP contribution < -0.4 is 18.9 Å². The van der Waals surface area contributed by atoms with Crippen molar-refractivity contribution in [2.45, 2.75) is 18.8 Å². The topological polar surface area (TPSA) is 63.2 Å². The third-order valence-corrected chi connectivity index (χ3v) is 6.45. The third-order valence-electron chi connectivity index (χ3n) is 6.45. The molecule has 0 bridgehead atoms. The maximum absolute atomic E-state index is 13.4. The average molecular weight is 430 g/mol. The van der Waals surface area contributed by atoms with Gasteiger partial charge < -0.3 is 23.7 Å². The number of rotatable bonds is 4. The molecule has 0 aromatic heterocycles. The van der Waals surface area contributed by atoms with E-state index < -0.39 is 5.92 Å². The van der Waals surface area contributed by atoms with Crippen molar-refractivity contribution in [1.82, 2.24) is 0 Å². The molecule has 6 nitrogen and oxygen atoms in total. The van der Waals surface area contributed by atoms with Gasteiger partial charge >= 0.3 is 5.97 Å². The van der Waals surface area contributed by atoms with E-state index in [1.807, 2.05) is 55.5 Å². The Bertz CT molecular complexity index is 1120. The van der Waals surface area contributed by atoms with E-state index in [0.29, 0.717) is 18.1 Å². The molecule has 2 atom stereocenters. The van der Waals surface area contributed by atoms with Gasteiger partial charge in [0, 0.05) is 11.8 Å². The molecule has 0 amide bonds. The van der Waals surface area contributed by atoms with Crippen LogP contribution in [-0.4, -0.2) is 26.2 Å². The highest BCUT2D eigenvalue weighted by molar-refractivity contribution is 5.79. The Kier molecular flexibility index (Phi) is 4.45. The molecule has 3 aromatic carbocycles. The van der Waals surface area contributed by atoms with Crippen LogP contribution in [0.1, 0.15) is 41.0 Å². The van der Waals surface area contributed by atoms with Crippen LogP contribution in [0.5, 0.6) is 23.0 Å². The van der Waals surface area contributed by atoms with E-state index >= 15 is 0 Å². The van der Waals surface area contributed by atoms with Gasteiger partial charge in [-0.05, 0) is 53.4 Å². The summed E-state index contributed by atoms with van der Waals surface area (Å²) in [7, 11) is 0. The van der Waals surface area contributed by atoms with Crippen LogP contribution >= 0.6 is 0 Å². The molecule has 2 aliphatic heterocycles. The second kappa shape index (κ2) is 7.48. The first-order valence-corrected chi connectivity index (χ1v) is 10.8. The van der Waals surface area contributed by atoms with Crippen molar-refractivity contribution in [2.75, 3.05) is 20.2 Å². The van der Waals surface area contributed by atoms with E-state index in [9.17, 15) is 4.79 Å². The molecule has 0 spiro atoms. The SMILES string of the molecule is CCOC(=O)C1C(c2ccc3c(c2)OCO3)c2ccccc2C1c1ccc2c(c1)OCO2. The summed E-state index contributed by atoms with van der Waals surface area (Å²) in [5.41, 5.74) is 4.24. The maximum atomic E-state index is 13.4. The number of hydrogen-bond acceptors (Lipinski definition) is 6. The molecule has 0 N–H and O–H groups in total. The molecule has 0 fully saturated rings. The molecular weight excluding hydrogens is 408 g/mol. The minimum Gasteiger partial charge on any atom is -0.466 e. The Balaban J connectivity index is 1.52. The Morgan fingerprint density at radius 3 is 1.78 bits per heavy atom. The van der Waals surface area contributed by atoms with Gasteiger partial charge in [-0.25, -0.2) is 0 Å². The summed E-state index contributed by atoms with van der Waals surface area (Å²) in [5.74, 6) is 1.87. The second-order valence-electron chi connectivity index (χ2n) is 8.09. The highest BCUT2D eigenvalue weighted by atomic mass is 16.7. The summed E-state index contributed by atoms with van der Waals surface area (Å²) in [4.78, 5) is 13.4. The molecule has 0 saturated heterocycles. The molecule has 3 aliphatic rings.